The molecule has 0 unspecified atom stereocenters. The number of nitrogens with one attached hydrogen (secondary N) is 1. The predicted molar refractivity (Wildman–Crippen MR) is 110 cm³/mol. The summed E-state index contributed by atoms with van der Waals surface area (Å²) >= 11 is 1.29. The third-order valence-corrected chi connectivity index (χ3v) is 4.90. The minimum atomic E-state index is -0.816. The molecule has 2 aromatic carbocycles. The van der Waals surface area contributed by atoms with Crippen LogP contribution in [0.15, 0.2) is 76.8 Å². The van der Waals surface area contributed by atoms with Crippen LogP contribution in [-0.2, 0) is 9.53 Å². The van der Waals surface area contributed by atoms with E-state index in [0.29, 0.717) is 5.03 Å². The number of carbonyl (C=O) groups excluding carboxylic acids is 3. The fourth-order valence-electron chi connectivity index (χ4n) is 2.54. The van der Waals surface area contributed by atoms with Crippen LogP contribution in [0, 0.1) is 5.82 Å². The predicted octanol–water partition coefficient (Wildman–Crippen LogP) is 4.37. The molecule has 0 fully saturated rings. The molecule has 6 nitrogen and oxygen atoms in total. The number of carbonyl (C=O) groups is 3. The summed E-state index contributed by atoms with van der Waals surface area (Å²) in [6, 6.07) is 16.2. The van der Waals surface area contributed by atoms with E-state index in [1.54, 1.807) is 18.3 Å². The van der Waals surface area contributed by atoms with E-state index in [2.05, 4.69) is 10.3 Å². The second-order valence-corrected chi connectivity index (χ2v) is 7.21. The highest BCUT2D eigenvalue weighted by Crippen LogP contribution is 2.28. The minimum Gasteiger partial charge on any atom is -0.454 e. The Balaban J connectivity index is 1.67. The number of pyridine rings is 1. The van der Waals surface area contributed by atoms with Gasteiger partial charge in [-0.15, -0.1) is 0 Å². The quantitative estimate of drug-likeness (QED) is 0.448. The summed E-state index contributed by atoms with van der Waals surface area (Å²) < 4.78 is 19.3. The molecule has 30 heavy (non-hydrogen) atoms. The Morgan fingerprint density at radius 3 is 2.50 bits per heavy atom. The van der Waals surface area contributed by atoms with Crippen molar-refractivity contribution in [1.29, 1.82) is 0 Å². The molecule has 0 saturated carbocycles. The van der Waals surface area contributed by atoms with Crippen molar-refractivity contribution >= 4 is 35.1 Å². The summed E-state index contributed by atoms with van der Waals surface area (Å²) in [5.41, 5.74) is 0.203. The highest BCUT2D eigenvalue weighted by molar-refractivity contribution is 7.99. The number of esters is 1. The van der Waals surface area contributed by atoms with Crippen LogP contribution >= 0.6 is 11.8 Å². The number of hydrogen-bond donors (Lipinski definition) is 1. The number of hydrogen-bond acceptors (Lipinski definition) is 6. The first-order valence-electron chi connectivity index (χ1n) is 8.89. The highest BCUT2D eigenvalue weighted by Gasteiger charge is 2.19. The van der Waals surface area contributed by atoms with Crippen LogP contribution < -0.4 is 5.32 Å². The van der Waals surface area contributed by atoms with Crippen molar-refractivity contribution in [3.05, 3.63) is 83.8 Å². The lowest BCUT2D eigenvalue weighted by Gasteiger charge is -2.09. The van der Waals surface area contributed by atoms with Crippen LogP contribution in [0.5, 0.6) is 0 Å². The highest BCUT2D eigenvalue weighted by atomic mass is 32.2. The number of halogens is 1. The fraction of sp³-hybridized carbons (Fsp3) is 0.0909. The van der Waals surface area contributed by atoms with Crippen LogP contribution in [0.2, 0.25) is 0 Å². The van der Waals surface area contributed by atoms with Gasteiger partial charge in [-0.1, -0.05) is 30.0 Å². The molecule has 0 spiro atoms. The van der Waals surface area contributed by atoms with E-state index in [-0.39, 0.29) is 22.7 Å². The van der Waals surface area contributed by atoms with E-state index in [9.17, 15) is 18.8 Å². The molecule has 0 aliphatic rings. The molecular weight excluding hydrogens is 407 g/mol. The van der Waals surface area contributed by atoms with Gasteiger partial charge >= 0.3 is 5.97 Å². The van der Waals surface area contributed by atoms with Crippen molar-refractivity contribution in [1.82, 2.24) is 4.98 Å². The lowest BCUT2D eigenvalue weighted by molar-refractivity contribution is -0.114. The van der Waals surface area contributed by atoms with Gasteiger partial charge < -0.3 is 10.1 Å². The molecule has 3 aromatic rings. The van der Waals surface area contributed by atoms with Crippen molar-refractivity contribution in [2.45, 2.75) is 16.8 Å². The van der Waals surface area contributed by atoms with Crippen LogP contribution in [0.25, 0.3) is 0 Å². The number of aromatic nitrogens is 1. The van der Waals surface area contributed by atoms with Crippen molar-refractivity contribution in [3.63, 3.8) is 0 Å². The van der Waals surface area contributed by atoms with Gasteiger partial charge in [0.25, 0.3) is 0 Å². The van der Waals surface area contributed by atoms with Crippen LogP contribution in [0.3, 0.4) is 0 Å². The molecule has 3 rings (SSSR count). The number of nitrogens with zero attached hydrogens (tertiary/aromatic N) is 1. The molecule has 1 aromatic heterocycles. The SMILES string of the molecule is CC(=O)Nc1ccc(C(=O)COC(=O)c2cccnc2Sc2ccccc2)c(F)c1. The molecule has 1 N–H and O–H groups in total. The number of Topliss-reactive ketones (excluding diaryl/α,β-unsaturated/α-hetero) is 1. The molecule has 1 amide bonds. The number of benzene rings is 2. The maximum atomic E-state index is 14.2. The monoisotopic (exact) mass is 424 g/mol. The lowest BCUT2D eigenvalue weighted by atomic mass is 10.1. The van der Waals surface area contributed by atoms with Crippen LogP contribution in [0.4, 0.5) is 10.1 Å². The van der Waals surface area contributed by atoms with Crippen molar-refractivity contribution in [2.75, 3.05) is 11.9 Å². The van der Waals surface area contributed by atoms with Crippen molar-refractivity contribution < 1.29 is 23.5 Å². The van der Waals surface area contributed by atoms with E-state index in [1.807, 2.05) is 30.3 Å². The van der Waals surface area contributed by atoms with Gasteiger partial charge in [-0.25, -0.2) is 14.2 Å². The molecule has 0 atom stereocenters. The molecule has 152 valence electrons. The summed E-state index contributed by atoms with van der Waals surface area (Å²) in [5.74, 6) is -2.60. The zero-order valence-corrected chi connectivity index (χ0v) is 16.7. The summed E-state index contributed by atoms with van der Waals surface area (Å²) in [4.78, 5) is 40.9. The smallest absolute Gasteiger partial charge is 0.341 e. The van der Waals surface area contributed by atoms with Crippen LogP contribution in [-0.4, -0.2) is 29.3 Å². The Morgan fingerprint density at radius 1 is 1.03 bits per heavy atom. The molecular formula is C22H17FN2O4S. The summed E-state index contributed by atoms with van der Waals surface area (Å²) in [5, 5.41) is 2.86. The lowest BCUT2D eigenvalue weighted by Crippen LogP contribution is -2.16. The Labute approximate surface area is 176 Å². The maximum Gasteiger partial charge on any atom is 0.341 e. The van der Waals surface area contributed by atoms with Gasteiger partial charge in [0.1, 0.15) is 10.8 Å². The zero-order chi connectivity index (χ0) is 21.5. The van der Waals surface area contributed by atoms with E-state index < -0.39 is 24.2 Å². The van der Waals surface area contributed by atoms with Crippen LogP contribution in [0.1, 0.15) is 27.6 Å². The minimum absolute atomic E-state index is 0.209. The Kier molecular flexibility index (Phi) is 6.92. The van der Waals surface area contributed by atoms with Gasteiger partial charge in [0.15, 0.2) is 6.61 Å². The average Bonchev–Trinajstić information content (AvgIpc) is 2.72. The van der Waals surface area contributed by atoms with Gasteiger partial charge in [0, 0.05) is 23.7 Å². The summed E-state index contributed by atoms with van der Waals surface area (Å²) in [7, 11) is 0. The molecule has 0 aliphatic heterocycles. The second kappa shape index (κ2) is 9.80. The van der Waals surface area contributed by atoms with Crippen molar-refractivity contribution in [2.24, 2.45) is 0 Å². The first kappa shape index (κ1) is 21.2. The zero-order valence-electron chi connectivity index (χ0n) is 15.9. The second-order valence-electron chi connectivity index (χ2n) is 6.15. The molecule has 8 heteroatoms. The summed E-state index contributed by atoms with van der Waals surface area (Å²) in [6.45, 7) is 0.665. The van der Waals surface area contributed by atoms with Gasteiger partial charge in [-0.05, 0) is 42.5 Å². The van der Waals surface area contributed by atoms with Gasteiger partial charge in [-0.3, -0.25) is 9.59 Å². The maximum absolute atomic E-state index is 14.2. The van der Waals surface area contributed by atoms with E-state index in [0.717, 1.165) is 11.0 Å². The van der Waals surface area contributed by atoms with E-state index in [4.69, 9.17) is 4.74 Å². The van der Waals surface area contributed by atoms with Crippen molar-refractivity contribution in [3.8, 4) is 0 Å². The first-order chi connectivity index (χ1) is 14.4. The summed E-state index contributed by atoms with van der Waals surface area (Å²) in [6.07, 6.45) is 1.55. The Morgan fingerprint density at radius 2 is 1.80 bits per heavy atom. The molecule has 1 heterocycles. The Bertz CT molecular complexity index is 1090. The molecule has 0 saturated heterocycles. The number of amides is 1. The van der Waals surface area contributed by atoms with Gasteiger partial charge in [-0.2, -0.15) is 0 Å². The first-order valence-corrected chi connectivity index (χ1v) is 9.71. The standard InChI is InChI=1S/C22H17FN2O4S/c1-14(26)25-15-9-10-17(19(23)12-15)20(27)13-29-22(28)18-8-5-11-24-21(18)30-16-6-3-2-4-7-16/h2-12H,13H2,1H3,(H,25,26). The molecule has 0 radical (unpaired) electrons. The average molecular weight is 424 g/mol. The normalized spacial score (nSPS) is 10.3. The third-order valence-electron chi connectivity index (χ3n) is 3.87. The number of ether oxygens (including phenoxy) is 1. The van der Waals surface area contributed by atoms with Gasteiger partial charge in [0.2, 0.25) is 11.7 Å². The van der Waals surface area contributed by atoms with E-state index >= 15 is 0 Å². The molecule has 0 bridgehead atoms. The van der Waals surface area contributed by atoms with Gasteiger partial charge in [0.05, 0.1) is 11.1 Å². The Hall–Kier alpha value is -3.52. The molecule has 0 aliphatic carbocycles. The number of ketones is 1. The topological polar surface area (TPSA) is 85.4 Å². The third kappa shape index (κ3) is 5.51. The largest absolute Gasteiger partial charge is 0.454 e. The number of anilines is 1. The van der Waals surface area contributed by atoms with E-state index in [1.165, 1.54) is 30.8 Å². The number of rotatable bonds is 7. The fourth-order valence-corrected chi connectivity index (χ4v) is 3.43.